The van der Waals surface area contributed by atoms with Crippen molar-refractivity contribution in [2.45, 2.75) is 84.3 Å². The molecule has 1 aromatic carbocycles. The maximum Gasteiger partial charge on any atom is 0.410 e. The van der Waals surface area contributed by atoms with Crippen LogP contribution in [0.25, 0.3) is 21.0 Å². The zero-order valence-corrected chi connectivity index (χ0v) is 27.1. The van der Waals surface area contributed by atoms with Crippen LogP contribution in [0.2, 0.25) is 0 Å². The van der Waals surface area contributed by atoms with Crippen LogP contribution in [0.15, 0.2) is 56.8 Å². The Morgan fingerprint density at radius 3 is 2.38 bits per heavy atom. The van der Waals surface area contributed by atoms with Gasteiger partial charge in [-0.2, -0.15) is 0 Å². The number of fused-ring (bicyclic) bond motifs is 1. The molecule has 0 bridgehead atoms. The van der Waals surface area contributed by atoms with Crippen LogP contribution >= 0.6 is 11.3 Å². The number of ether oxygens (including phenoxy) is 2. The summed E-state index contributed by atoms with van der Waals surface area (Å²) in [5, 5.41) is 10.1. The molecule has 1 aliphatic rings. The van der Waals surface area contributed by atoms with Crippen LogP contribution in [-0.4, -0.2) is 61.0 Å². The van der Waals surface area contributed by atoms with E-state index in [2.05, 4.69) is 4.98 Å². The monoisotopic (exact) mass is 638 g/mol. The normalized spacial score (nSPS) is 15.3. The van der Waals surface area contributed by atoms with Crippen LogP contribution in [0, 0.1) is 6.92 Å². The molecule has 0 radical (unpaired) electrons. The fraction of sp³-hybridized carbons (Fsp3) is 0.469. The third kappa shape index (κ3) is 6.45. The highest BCUT2D eigenvalue weighted by Gasteiger charge is 2.39. The lowest BCUT2D eigenvalue weighted by atomic mass is 10.0. The molecule has 4 heterocycles. The molecule has 1 amide bonds. The lowest BCUT2D eigenvalue weighted by Crippen LogP contribution is -2.54. The number of thiophene rings is 1. The molecule has 45 heavy (non-hydrogen) atoms. The number of nitrogens with zero attached hydrogens (tertiary/aromatic N) is 4. The van der Waals surface area contributed by atoms with E-state index >= 15 is 0 Å². The average molecular weight is 639 g/mol. The van der Waals surface area contributed by atoms with Crippen molar-refractivity contribution in [2.24, 2.45) is 0 Å². The molecule has 5 rings (SSSR count). The smallest absolute Gasteiger partial charge is 0.410 e. The minimum absolute atomic E-state index is 0.156. The summed E-state index contributed by atoms with van der Waals surface area (Å²) in [6.45, 7) is 10.3. The molecule has 1 N–H and O–H groups in total. The number of amides is 1. The van der Waals surface area contributed by atoms with Crippen LogP contribution in [0.4, 0.5) is 4.79 Å². The van der Waals surface area contributed by atoms with Gasteiger partial charge in [0.25, 0.3) is 5.56 Å². The van der Waals surface area contributed by atoms with Crippen molar-refractivity contribution < 1.29 is 28.6 Å². The Morgan fingerprint density at radius 2 is 1.78 bits per heavy atom. The number of rotatable bonds is 7. The van der Waals surface area contributed by atoms with Crippen molar-refractivity contribution in [1.29, 1.82) is 0 Å². The molecule has 3 aromatic heterocycles. The SMILES string of the molecule is Cc1c(-c2ncco2)sc2c1c(=O)n(C(C)(C)C(=O)OC(C)(C)C)c(=O)n2C[C@H](OC(=O)N1CCC(O)CC1)c1ccccc1. The second-order valence-electron chi connectivity index (χ2n) is 12.7. The van der Waals surface area contributed by atoms with E-state index in [9.17, 15) is 24.3 Å². The van der Waals surface area contributed by atoms with Gasteiger partial charge in [0.15, 0.2) is 0 Å². The first-order valence-electron chi connectivity index (χ1n) is 14.8. The minimum Gasteiger partial charge on any atom is -0.458 e. The lowest BCUT2D eigenvalue weighted by molar-refractivity contribution is -0.164. The van der Waals surface area contributed by atoms with Gasteiger partial charge in [-0.25, -0.2) is 23.9 Å². The number of likely N-dealkylation sites (tertiary alicyclic amines) is 1. The summed E-state index contributed by atoms with van der Waals surface area (Å²) < 4.78 is 19.5. The van der Waals surface area contributed by atoms with Crippen molar-refractivity contribution in [2.75, 3.05) is 13.1 Å². The predicted molar refractivity (Wildman–Crippen MR) is 168 cm³/mol. The second-order valence-corrected chi connectivity index (χ2v) is 13.7. The van der Waals surface area contributed by atoms with Crippen LogP contribution < -0.4 is 11.2 Å². The maximum atomic E-state index is 14.4. The number of oxazole rings is 1. The Hall–Kier alpha value is -4.23. The summed E-state index contributed by atoms with van der Waals surface area (Å²) in [6, 6.07) is 9.01. The zero-order valence-electron chi connectivity index (χ0n) is 26.2. The fourth-order valence-electron chi connectivity index (χ4n) is 5.32. The third-order valence-corrected chi connectivity index (χ3v) is 9.08. The molecule has 4 aromatic rings. The van der Waals surface area contributed by atoms with Gasteiger partial charge in [0.1, 0.15) is 28.3 Å². The van der Waals surface area contributed by atoms with Gasteiger partial charge in [-0.05, 0) is 65.5 Å². The number of aliphatic hydroxyl groups excluding tert-OH is 1. The van der Waals surface area contributed by atoms with Crippen LogP contribution in [-0.2, 0) is 26.4 Å². The van der Waals surface area contributed by atoms with Crippen molar-refractivity contribution in [3.8, 4) is 10.8 Å². The number of hydrogen-bond acceptors (Lipinski definition) is 10. The van der Waals surface area contributed by atoms with E-state index in [1.165, 1.54) is 35.8 Å². The Labute approximate surface area is 263 Å². The Kier molecular flexibility index (Phi) is 8.78. The van der Waals surface area contributed by atoms with E-state index in [0.29, 0.717) is 46.8 Å². The van der Waals surface area contributed by atoms with Gasteiger partial charge in [-0.1, -0.05) is 30.3 Å². The summed E-state index contributed by atoms with van der Waals surface area (Å²) in [5.74, 6) is -0.470. The Balaban J connectivity index is 1.69. The third-order valence-electron chi connectivity index (χ3n) is 7.78. The first kappa shape index (κ1) is 32.2. The first-order chi connectivity index (χ1) is 21.2. The van der Waals surface area contributed by atoms with E-state index < -0.39 is 46.7 Å². The highest BCUT2D eigenvalue weighted by atomic mass is 32.1. The molecule has 1 aliphatic heterocycles. The van der Waals surface area contributed by atoms with E-state index in [0.717, 1.165) is 15.9 Å². The quantitative estimate of drug-likeness (QED) is 0.287. The number of carbonyl (C=O) groups excluding carboxylic acids is 2. The van der Waals surface area contributed by atoms with Crippen molar-refractivity contribution >= 4 is 33.6 Å². The molecule has 12 nitrogen and oxygen atoms in total. The van der Waals surface area contributed by atoms with Gasteiger partial charge < -0.3 is 23.9 Å². The number of hydrogen-bond donors (Lipinski definition) is 1. The van der Waals surface area contributed by atoms with E-state index in [4.69, 9.17) is 13.9 Å². The van der Waals surface area contributed by atoms with Gasteiger partial charge in [-0.3, -0.25) is 9.36 Å². The summed E-state index contributed by atoms with van der Waals surface area (Å²) in [5.41, 5.74) is -2.81. The number of benzene rings is 1. The van der Waals surface area contributed by atoms with E-state index in [1.807, 2.05) is 6.07 Å². The van der Waals surface area contributed by atoms with Crippen LogP contribution in [0.3, 0.4) is 0 Å². The molecular weight excluding hydrogens is 600 g/mol. The van der Waals surface area contributed by atoms with Gasteiger partial charge >= 0.3 is 17.8 Å². The van der Waals surface area contributed by atoms with Gasteiger partial charge in [0.05, 0.1) is 29.1 Å². The number of piperidine rings is 1. The Bertz CT molecular complexity index is 1810. The summed E-state index contributed by atoms with van der Waals surface area (Å²) in [6.07, 6.45) is 1.79. The molecule has 0 unspecified atom stereocenters. The van der Waals surface area contributed by atoms with Crippen LogP contribution in [0.5, 0.6) is 0 Å². The number of aromatic nitrogens is 3. The van der Waals surface area contributed by atoms with Crippen molar-refractivity contribution in [1.82, 2.24) is 19.0 Å². The second kappa shape index (κ2) is 12.3. The molecule has 240 valence electrons. The number of carbonyl (C=O) groups is 2. The molecule has 1 saturated heterocycles. The number of aliphatic hydroxyl groups is 1. The first-order valence-corrected chi connectivity index (χ1v) is 15.6. The number of esters is 1. The largest absolute Gasteiger partial charge is 0.458 e. The highest BCUT2D eigenvalue weighted by Crippen LogP contribution is 2.36. The fourth-order valence-corrected chi connectivity index (χ4v) is 6.57. The lowest BCUT2D eigenvalue weighted by Gasteiger charge is -2.31. The minimum atomic E-state index is -1.69. The van der Waals surface area contributed by atoms with Crippen molar-refractivity contribution in [3.63, 3.8) is 0 Å². The summed E-state index contributed by atoms with van der Waals surface area (Å²) >= 11 is 1.16. The zero-order chi connectivity index (χ0) is 32.7. The van der Waals surface area contributed by atoms with Crippen molar-refractivity contribution in [3.05, 3.63) is 74.8 Å². The predicted octanol–water partition coefficient (Wildman–Crippen LogP) is 4.60. The highest BCUT2D eigenvalue weighted by molar-refractivity contribution is 7.22. The summed E-state index contributed by atoms with van der Waals surface area (Å²) in [4.78, 5) is 62.0. The molecule has 1 atom stereocenters. The average Bonchev–Trinajstić information content (AvgIpc) is 3.62. The van der Waals surface area contributed by atoms with E-state index in [-0.39, 0.29) is 17.8 Å². The Morgan fingerprint density at radius 1 is 1.11 bits per heavy atom. The summed E-state index contributed by atoms with van der Waals surface area (Å²) in [7, 11) is 0. The molecule has 0 aliphatic carbocycles. The molecule has 0 spiro atoms. The molecule has 0 saturated carbocycles. The molecular formula is C32H38N4O8S. The number of aryl methyl sites for hydroxylation is 1. The van der Waals surface area contributed by atoms with Gasteiger partial charge in [-0.15, -0.1) is 11.3 Å². The van der Waals surface area contributed by atoms with E-state index in [1.54, 1.807) is 52.0 Å². The van der Waals surface area contributed by atoms with Crippen LogP contribution in [0.1, 0.15) is 64.7 Å². The molecule has 13 heteroatoms. The topological polar surface area (TPSA) is 146 Å². The standard InChI is InChI=1S/C32H38N4O8S/c1-19-23-26(38)36(32(5,6)28(39)44-31(2,3)4)29(40)35(27(23)45-24(19)25-33-14-17-42-25)18-22(20-10-8-7-9-11-20)43-30(41)34-15-12-21(37)13-16-34/h7-11,14,17,21-22,37H,12-13,15-16,18H2,1-6H3/t22-/m0/s1. The van der Waals surface area contributed by atoms with Gasteiger partial charge in [0, 0.05) is 13.1 Å². The van der Waals surface area contributed by atoms with Gasteiger partial charge in [0.2, 0.25) is 5.89 Å². The maximum absolute atomic E-state index is 14.4. The molecule has 1 fully saturated rings.